The molecule has 0 saturated carbocycles. The van der Waals surface area contributed by atoms with E-state index < -0.39 is 22.1 Å². The van der Waals surface area contributed by atoms with Crippen LogP contribution in [-0.4, -0.2) is 42.3 Å². The highest BCUT2D eigenvalue weighted by atomic mass is 16.6. The van der Waals surface area contributed by atoms with E-state index >= 15 is 0 Å². The fourth-order valence-corrected chi connectivity index (χ4v) is 1.59. The largest absolute Gasteiger partial charge is 0.493 e. The van der Waals surface area contributed by atoms with E-state index in [0.29, 0.717) is 0 Å². The summed E-state index contributed by atoms with van der Waals surface area (Å²) in [5.74, 6) is -0.315. The van der Waals surface area contributed by atoms with Crippen LogP contribution < -0.4 is 14.8 Å². The Bertz CT molecular complexity index is 550. The number of nitrogens with one attached hydrogen (secondary N) is 1. The number of aliphatic hydroxyl groups is 1. The van der Waals surface area contributed by atoms with Crippen LogP contribution in [0, 0.1) is 10.1 Å². The van der Waals surface area contributed by atoms with E-state index in [1.54, 1.807) is 0 Å². The van der Waals surface area contributed by atoms with Gasteiger partial charge in [-0.3, -0.25) is 14.9 Å². The second-order valence-corrected chi connectivity index (χ2v) is 4.98. The van der Waals surface area contributed by atoms with Gasteiger partial charge >= 0.3 is 0 Å². The number of amides is 1. The summed E-state index contributed by atoms with van der Waals surface area (Å²) in [6, 6.07) is 2.36. The van der Waals surface area contributed by atoms with Crippen molar-refractivity contribution >= 4 is 11.6 Å². The summed E-state index contributed by atoms with van der Waals surface area (Å²) in [6.07, 6.45) is 0. The molecule has 0 aliphatic carbocycles. The highest BCUT2D eigenvalue weighted by Gasteiger charge is 2.25. The monoisotopic (exact) mass is 298 g/mol. The number of ether oxygens (including phenoxy) is 2. The van der Waals surface area contributed by atoms with E-state index in [-0.39, 0.29) is 23.6 Å². The van der Waals surface area contributed by atoms with Crippen LogP contribution >= 0.6 is 0 Å². The van der Waals surface area contributed by atoms with Crippen molar-refractivity contribution in [2.24, 2.45) is 0 Å². The Morgan fingerprint density at radius 3 is 2.29 bits per heavy atom. The smallest absolute Gasteiger partial charge is 0.286 e. The Morgan fingerprint density at radius 2 is 1.86 bits per heavy atom. The standard InChI is InChI=1S/C13H18N2O6/c1-13(2,17)7-14-12(16)8-5-10(20-3)11(21-4)6-9(8)15(18)19/h5-6,17H,7H2,1-4H3,(H,14,16). The highest BCUT2D eigenvalue weighted by Crippen LogP contribution is 2.34. The maximum atomic E-state index is 12.1. The van der Waals surface area contributed by atoms with Gasteiger partial charge in [-0.1, -0.05) is 0 Å². The minimum atomic E-state index is -1.12. The van der Waals surface area contributed by atoms with E-state index in [2.05, 4.69) is 5.32 Å². The SMILES string of the molecule is COc1cc(C(=O)NCC(C)(C)O)c([N+](=O)[O-])cc1OC. The molecule has 1 aromatic carbocycles. The van der Waals surface area contributed by atoms with Crippen LogP contribution in [0.2, 0.25) is 0 Å². The molecular weight excluding hydrogens is 280 g/mol. The molecule has 0 unspecified atom stereocenters. The number of carbonyl (C=O) groups is 1. The Kier molecular flexibility index (Phi) is 5.09. The summed E-state index contributed by atoms with van der Waals surface area (Å²) in [5.41, 5.74) is -1.69. The minimum absolute atomic E-state index is 0.0443. The molecular formula is C13H18N2O6. The maximum Gasteiger partial charge on any atom is 0.286 e. The van der Waals surface area contributed by atoms with Gasteiger partial charge < -0.3 is 19.9 Å². The maximum absolute atomic E-state index is 12.1. The predicted octanol–water partition coefficient (Wildman–Crippen LogP) is 1.11. The summed E-state index contributed by atoms with van der Waals surface area (Å²) < 4.78 is 10.0. The van der Waals surface area contributed by atoms with Gasteiger partial charge in [-0.05, 0) is 13.8 Å². The number of rotatable bonds is 6. The Morgan fingerprint density at radius 1 is 1.33 bits per heavy atom. The van der Waals surface area contributed by atoms with E-state index in [0.717, 1.165) is 6.07 Å². The van der Waals surface area contributed by atoms with Crippen LogP contribution in [0.1, 0.15) is 24.2 Å². The summed E-state index contributed by atoms with van der Waals surface area (Å²) >= 11 is 0. The van der Waals surface area contributed by atoms with E-state index in [9.17, 15) is 20.0 Å². The topological polar surface area (TPSA) is 111 Å². The Hall–Kier alpha value is -2.35. The zero-order chi connectivity index (χ0) is 16.2. The predicted molar refractivity (Wildman–Crippen MR) is 74.8 cm³/mol. The molecule has 21 heavy (non-hydrogen) atoms. The first-order chi connectivity index (χ1) is 9.69. The lowest BCUT2D eigenvalue weighted by Crippen LogP contribution is -2.38. The molecule has 1 rings (SSSR count). The fourth-order valence-electron chi connectivity index (χ4n) is 1.59. The van der Waals surface area contributed by atoms with Crippen molar-refractivity contribution in [1.82, 2.24) is 5.32 Å². The van der Waals surface area contributed by atoms with Crippen molar-refractivity contribution < 1.29 is 24.3 Å². The molecule has 0 saturated heterocycles. The third-order valence-electron chi connectivity index (χ3n) is 2.62. The summed E-state index contributed by atoms with van der Waals surface area (Å²) in [6.45, 7) is 2.98. The molecule has 0 atom stereocenters. The summed E-state index contributed by atoms with van der Waals surface area (Å²) in [4.78, 5) is 22.5. The lowest BCUT2D eigenvalue weighted by Gasteiger charge is -2.18. The fraction of sp³-hybridized carbons (Fsp3) is 0.462. The van der Waals surface area contributed by atoms with Crippen molar-refractivity contribution in [2.45, 2.75) is 19.4 Å². The van der Waals surface area contributed by atoms with Gasteiger partial charge in [-0.2, -0.15) is 0 Å². The number of nitrogens with zero attached hydrogens (tertiary/aromatic N) is 1. The van der Waals surface area contributed by atoms with Crippen molar-refractivity contribution in [3.8, 4) is 11.5 Å². The van der Waals surface area contributed by atoms with Gasteiger partial charge in [-0.25, -0.2) is 0 Å². The molecule has 0 heterocycles. The lowest BCUT2D eigenvalue weighted by atomic mass is 10.1. The molecule has 116 valence electrons. The van der Waals surface area contributed by atoms with Crippen LogP contribution in [0.3, 0.4) is 0 Å². The van der Waals surface area contributed by atoms with Crippen LogP contribution in [0.4, 0.5) is 5.69 Å². The molecule has 0 aromatic heterocycles. The Labute approximate surface area is 121 Å². The Balaban J connectivity index is 3.20. The number of benzene rings is 1. The number of nitro benzene ring substituents is 1. The molecule has 0 fully saturated rings. The third kappa shape index (κ3) is 4.32. The lowest BCUT2D eigenvalue weighted by molar-refractivity contribution is -0.385. The number of methoxy groups -OCH3 is 2. The van der Waals surface area contributed by atoms with Gasteiger partial charge in [0.2, 0.25) is 0 Å². The average Bonchev–Trinajstić information content (AvgIpc) is 2.42. The molecule has 0 aliphatic heterocycles. The number of nitro groups is 1. The molecule has 8 heteroatoms. The van der Waals surface area contributed by atoms with Crippen molar-refractivity contribution in [2.75, 3.05) is 20.8 Å². The summed E-state index contributed by atoms with van der Waals surface area (Å²) in [7, 11) is 2.71. The third-order valence-corrected chi connectivity index (χ3v) is 2.62. The van der Waals surface area contributed by atoms with Gasteiger partial charge in [0.1, 0.15) is 5.56 Å². The molecule has 1 amide bonds. The molecule has 0 aliphatic rings. The second-order valence-electron chi connectivity index (χ2n) is 4.98. The van der Waals surface area contributed by atoms with E-state index in [1.807, 2.05) is 0 Å². The first-order valence-electron chi connectivity index (χ1n) is 6.10. The molecule has 8 nitrogen and oxygen atoms in total. The molecule has 1 aromatic rings. The second kappa shape index (κ2) is 6.40. The summed E-state index contributed by atoms with van der Waals surface area (Å²) in [5, 5.41) is 23.1. The molecule has 2 N–H and O–H groups in total. The van der Waals surface area contributed by atoms with E-state index in [4.69, 9.17) is 9.47 Å². The van der Waals surface area contributed by atoms with Gasteiger partial charge in [0, 0.05) is 12.6 Å². The van der Waals surface area contributed by atoms with Crippen molar-refractivity contribution in [3.05, 3.63) is 27.8 Å². The average molecular weight is 298 g/mol. The van der Waals surface area contributed by atoms with Gasteiger partial charge in [0.05, 0.1) is 30.8 Å². The van der Waals surface area contributed by atoms with Crippen LogP contribution in [0.5, 0.6) is 11.5 Å². The number of carbonyl (C=O) groups excluding carboxylic acids is 1. The quantitative estimate of drug-likeness (QED) is 0.601. The van der Waals surface area contributed by atoms with Gasteiger partial charge in [-0.15, -0.1) is 0 Å². The number of hydrogen-bond donors (Lipinski definition) is 2. The van der Waals surface area contributed by atoms with Crippen LogP contribution in [0.25, 0.3) is 0 Å². The van der Waals surface area contributed by atoms with Crippen molar-refractivity contribution in [3.63, 3.8) is 0 Å². The number of hydrogen-bond acceptors (Lipinski definition) is 6. The molecule has 0 spiro atoms. The van der Waals surface area contributed by atoms with Crippen LogP contribution in [-0.2, 0) is 0 Å². The van der Waals surface area contributed by atoms with E-state index in [1.165, 1.54) is 34.1 Å². The van der Waals surface area contributed by atoms with Gasteiger partial charge in [0.15, 0.2) is 11.5 Å². The zero-order valence-corrected chi connectivity index (χ0v) is 12.3. The minimum Gasteiger partial charge on any atom is -0.493 e. The zero-order valence-electron chi connectivity index (χ0n) is 12.3. The van der Waals surface area contributed by atoms with Crippen molar-refractivity contribution in [1.29, 1.82) is 0 Å². The molecule has 0 radical (unpaired) electrons. The van der Waals surface area contributed by atoms with Crippen LogP contribution in [0.15, 0.2) is 12.1 Å². The van der Waals surface area contributed by atoms with Gasteiger partial charge in [0.25, 0.3) is 11.6 Å². The first-order valence-corrected chi connectivity index (χ1v) is 6.10. The normalized spacial score (nSPS) is 10.9. The first kappa shape index (κ1) is 16.7. The molecule has 0 bridgehead atoms. The highest BCUT2D eigenvalue weighted by molar-refractivity contribution is 5.99.